The fourth-order valence-electron chi connectivity index (χ4n) is 1.65. The fraction of sp³-hybridized carbons (Fsp3) is 0.714. The van der Waals surface area contributed by atoms with E-state index in [1.54, 1.807) is 11.3 Å². The molecule has 1 aromatic rings. The van der Waals surface area contributed by atoms with Gasteiger partial charge in [0.25, 0.3) is 0 Å². The van der Waals surface area contributed by atoms with Crippen molar-refractivity contribution < 1.29 is 0 Å². The monoisotopic (exact) mass is 282 g/mol. The maximum atomic E-state index is 4.47. The normalized spacial score (nSPS) is 11.9. The molecule has 5 heteroatoms. The number of nitrogens with zero attached hydrogens (tertiary/aromatic N) is 2. The molecule has 1 aromatic heterocycles. The Morgan fingerprint density at radius 2 is 2.16 bits per heavy atom. The number of hydrogen-bond acceptors (Lipinski definition) is 3. The highest BCUT2D eigenvalue weighted by atomic mass is 32.1. The number of rotatable bonds is 7. The summed E-state index contributed by atoms with van der Waals surface area (Å²) in [5.41, 5.74) is 1.14. The Kier molecular flexibility index (Phi) is 7.48. The summed E-state index contributed by atoms with van der Waals surface area (Å²) in [7, 11) is 1.81. The molecule has 108 valence electrons. The molecule has 2 N–H and O–H groups in total. The molecule has 0 aliphatic carbocycles. The summed E-state index contributed by atoms with van der Waals surface area (Å²) in [5.74, 6) is 1.53. The Morgan fingerprint density at radius 1 is 1.37 bits per heavy atom. The Hall–Kier alpha value is -1.10. The number of unbranched alkanes of at least 4 members (excludes halogenated alkanes) is 1. The van der Waals surface area contributed by atoms with Gasteiger partial charge >= 0.3 is 0 Å². The molecular weight excluding hydrogens is 256 g/mol. The molecule has 0 unspecified atom stereocenters. The molecule has 0 spiro atoms. The van der Waals surface area contributed by atoms with Crippen molar-refractivity contribution in [2.75, 3.05) is 20.1 Å². The number of guanidine groups is 1. The van der Waals surface area contributed by atoms with E-state index in [1.807, 2.05) is 14.0 Å². The smallest absolute Gasteiger partial charge is 0.190 e. The van der Waals surface area contributed by atoms with Crippen LogP contribution in [-0.2, 0) is 6.42 Å². The first kappa shape index (κ1) is 16.0. The zero-order chi connectivity index (χ0) is 14.1. The van der Waals surface area contributed by atoms with Crippen molar-refractivity contribution >= 4 is 17.3 Å². The molecule has 4 nitrogen and oxygen atoms in total. The minimum absolute atomic E-state index is 0.631. The lowest BCUT2D eigenvalue weighted by molar-refractivity contribution is 0.610. The molecule has 0 atom stereocenters. The van der Waals surface area contributed by atoms with Crippen LogP contribution in [0.25, 0.3) is 0 Å². The maximum Gasteiger partial charge on any atom is 0.190 e. The van der Waals surface area contributed by atoms with Crippen LogP contribution in [0.1, 0.15) is 37.4 Å². The second-order valence-electron chi connectivity index (χ2n) is 5.11. The number of aryl methyl sites for hydroxylation is 2. The van der Waals surface area contributed by atoms with Gasteiger partial charge in [-0.15, -0.1) is 11.3 Å². The maximum absolute atomic E-state index is 4.47. The van der Waals surface area contributed by atoms with E-state index in [1.165, 1.54) is 11.4 Å². The first-order valence-corrected chi connectivity index (χ1v) is 7.85. The average Bonchev–Trinajstić information content (AvgIpc) is 2.78. The van der Waals surface area contributed by atoms with Gasteiger partial charge in [0.2, 0.25) is 0 Å². The molecule has 1 heterocycles. The van der Waals surface area contributed by atoms with Crippen LogP contribution in [0.15, 0.2) is 10.4 Å². The average molecular weight is 282 g/mol. The van der Waals surface area contributed by atoms with Crippen molar-refractivity contribution in [1.29, 1.82) is 0 Å². The predicted octanol–water partition coefficient (Wildman–Crippen LogP) is 2.60. The molecule has 19 heavy (non-hydrogen) atoms. The predicted molar refractivity (Wildman–Crippen MR) is 84.0 cm³/mol. The van der Waals surface area contributed by atoms with E-state index in [9.17, 15) is 0 Å². The number of aromatic nitrogens is 1. The van der Waals surface area contributed by atoms with Gasteiger partial charge in [0.1, 0.15) is 0 Å². The number of nitrogens with one attached hydrogen (secondary N) is 2. The highest BCUT2D eigenvalue weighted by Crippen LogP contribution is 2.11. The largest absolute Gasteiger partial charge is 0.356 e. The van der Waals surface area contributed by atoms with Gasteiger partial charge in [-0.3, -0.25) is 4.99 Å². The molecule has 0 amide bonds. The van der Waals surface area contributed by atoms with Crippen LogP contribution in [-0.4, -0.2) is 31.1 Å². The molecule has 1 rings (SSSR count). The number of thiazole rings is 1. The van der Waals surface area contributed by atoms with Crippen LogP contribution in [0.4, 0.5) is 0 Å². The summed E-state index contributed by atoms with van der Waals surface area (Å²) in [6.45, 7) is 8.35. The van der Waals surface area contributed by atoms with Crippen molar-refractivity contribution in [3.8, 4) is 0 Å². The lowest BCUT2D eigenvalue weighted by Gasteiger charge is -2.13. The van der Waals surface area contributed by atoms with E-state index in [2.05, 4.69) is 39.8 Å². The molecule has 0 aromatic carbocycles. The number of hydrogen-bond donors (Lipinski definition) is 2. The van der Waals surface area contributed by atoms with Crippen LogP contribution < -0.4 is 10.6 Å². The van der Waals surface area contributed by atoms with E-state index in [0.717, 1.165) is 37.6 Å². The van der Waals surface area contributed by atoms with Crippen LogP contribution in [0, 0.1) is 12.8 Å². The number of aliphatic imine (C=N–C) groups is 1. The Morgan fingerprint density at radius 3 is 2.74 bits per heavy atom. The Bertz CT molecular complexity index is 385. The van der Waals surface area contributed by atoms with Crippen LogP contribution >= 0.6 is 11.3 Å². The second kappa shape index (κ2) is 8.91. The van der Waals surface area contributed by atoms with Gasteiger partial charge in [-0.25, -0.2) is 4.98 Å². The highest BCUT2D eigenvalue weighted by Gasteiger charge is 2.00. The fourth-order valence-corrected chi connectivity index (χ4v) is 2.47. The Labute approximate surface area is 120 Å². The van der Waals surface area contributed by atoms with Crippen molar-refractivity contribution in [3.63, 3.8) is 0 Å². The third kappa shape index (κ3) is 7.15. The van der Waals surface area contributed by atoms with Crippen LogP contribution in [0.2, 0.25) is 0 Å². The zero-order valence-corrected chi connectivity index (χ0v) is 13.3. The van der Waals surface area contributed by atoms with E-state index in [0.29, 0.717) is 5.92 Å². The lowest BCUT2D eigenvalue weighted by atomic mass is 10.2. The van der Waals surface area contributed by atoms with E-state index in [4.69, 9.17) is 0 Å². The van der Waals surface area contributed by atoms with Gasteiger partial charge in [-0.05, 0) is 32.1 Å². The first-order chi connectivity index (χ1) is 9.11. The third-order valence-corrected chi connectivity index (χ3v) is 3.70. The van der Waals surface area contributed by atoms with Gasteiger partial charge < -0.3 is 10.6 Å². The standard InChI is InChI=1S/C14H26N4S/c1-11(2)9-17-14(15-4)16-8-6-5-7-13-18-12(3)10-19-13/h10-11H,5-9H2,1-4H3,(H2,15,16,17). The van der Waals surface area contributed by atoms with E-state index >= 15 is 0 Å². The lowest BCUT2D eigenvalue weighted by Crippen LogP contribution is -2.39. The van der Waals surface area contributed by atoms with Crippen molar-refractivity contribution in [3.05, 3.63) is 16.1 Å². The summed E-state index contributed by atoms with van der Waals surface area (Å²) in [6.07, 6.45) is 3.39. The minimum Gasteiger partial charge on any atom is -0.356 e. The van der Waals surface area contributed by atoms with Gasteiger partial charge in [-0.1, -0.05) is 13.8 Å². The first-order valence-electron chi connectivity index (χ1n) is 6.97. The highest BCUT2D eigenvalue weighted by molar-refractivity contribution is 7.09. The van der Waals surface area contributed by atoms with Gasteiger partial charge in [0, 0.05) is 31.2 Å². The molecule has 0 radical (unpaired) electrons. The topological polar surface area (TPSA) is 49.3 Å². The van der Waals surface area contributed by atoms with Crippen molar-refractivity contribution in [1.82, 2.24) is 15.6 Å². The summed E-state index contributed by atoms with van der Waals surface area (Å²) < 4.78 is 0. The summed E-state index contributed by atoms with van der Waals surface area (Å²) in [5, 5.41) is 10.0. The summed E-state index contributed by atoms with van der Waals surface area (Å²) >= 11 is 1.76. The molecule has 0 fully saturated rings. The molecule has 0 aliphatic heterocycles. The minimum atomic E-state index is 0.631. The molecule has 0 saturated carbocycles. The molecule has 0 saturated heterocycles. The summed E-state index contributed by atoms with van der Waals surface area (Å²) in [4.78, 5) is 8.67. The van der Waals surface area contributed by atoms with Crippen molar-refractivity contribution in [2.45, 2.75) is 40.0 Å². The van der Waals surface area contributed by atoms with Crippen molar-refractivity contribution in [2.24, 2.45) is 10.9 Å². The SMILES string of the molecule is CN=C(NCCCCc1nc(C)cs1)NCC(C)C. The molecular formula is C14H26N4S. The molecule has 0 bridgehead atoms. The van der Waals surface area contributed by atoms with E-state index in [-0.39, 0.29) is 0 Å². The van der Waals surface area contributed by atoms with E-state index < -0.39 is 0 Å². The quantitative estimate of drug-likeness (QED) is 0.459. The van der Waals surface area contributed by atoms with Gasteiger partial charge in [0.15, 0.2) is 5.96 Å². The van der Waals surface area contributed by atoms with Crippen LogP contribution in [0.5, 0.6) is 0 Å². The molecule has 0 aliphatic rings. The van der Waals surface area contributed by atoms with Gasteiger partial charge in [-0.2, -0.15) is 0 Å². The zero-order valence-electron chi connectivity index (χ0n) is 12.5. The third-order valence-electron chi connectivity index (χ3n) is 2.68. The van der Waals surface area contributed by atoms with Crippen LogP contribution in [0.3, 0.4) is 0 Å². The second-order valence-corrected chi connectivity index (χ2v) is 6.06. The Balaban J connectivity index is 2.09. The van der Waals surface area contributed by atoms with Gasteiger partial charge in [0.05, 0.1) is 5.01 Å². The summed E-state index contributed by atoms with van der Waals surface area (Å²) in [6, 6.07) is 0.